The third-order valence-corrected chi connectivity index (χ3v) is 0.866. The van der Waals surface area contributed by atoms with Gasteiger partial charge in [-0.15, -0.1) is 0 Å². The summed E-state index contributed by atoms with van der Waals surface area (Å²) in [4.78, 5) is 0. The smallest absolute Gasteiger partial charge is 0.432 e. The minimum Gasteiger partial charge on any atom is -0.506 e. The summed E-state index contributed by atoms with van der Waals surface area (Å²) in [5.41, 5.74) is 0. The Bertz CT molecular complexity index is 8.00. The second kappa shape index (κ2) is 3.49. The van der Waals surface area contributed by atoms with Gasteiger partial charge in [0, 0.05) is 7.11 Å². The van der Waals surface area contributed by atoms with Gasteiger partial charge < -0.3 is 3.79 Å². The van der Waals surface area contributed by atoms with Gasteiger partial charge in [-0.05, 0) is 0 Å². The first-order chi connectivity index (χ1) is 1.91. The molecule has 0 unspecified atom stereocenters. The Hall–Kier alpha value is 0.492. The lowest BCUT2D eigenvalue weighted by Gasteiger charge is -1.73. The SMILES string of the molecule is C[O][AlH][CH3]. The summed E-state index contributed by atoms with van der Waals surface area (Å²) in [5.74, 6) is 2.10. The molecule has 4 heavy (non-hydrogen) atoms. The molecule has 24 valence electrons. The summed E-state index contributed by atoms with van der Waals surface area (Å²) in [5, 5.41) is 0. The monoisotopic (exact) mass is 74.0 g/mol. The van der Waals surface area contributed by atoms with Crippen molar-refractivity contribution in [2.75, 3.05) is 7.11 Å². The molecule has 0 saturated heterocycles. The first kappa shape index (κ1) is 4.49. The summed E-state index contributed by atoms with van der Waals surface area (Å²) in [6, 6.07) is 0. The van der Waals surface area contributed by atoms with Gasteiger partial charge >= 0.3 is 15.6 Å². The Kier molecular flexibility index (Phi) is 3.92. The van der Waals surface area contributed by atoms with Gasteiger partial charge in [-0.2, -0.15) is 0 Å². The molecule has 0 bridgehead atoms. The van der Waals surface area contributed by atoms with E-state index in [2.05, 4.69) is 9.57 Å². The van der Waals surface area contributed by atoms with E-state index in [1.54, 1.807) is 7.11 Å². The van der Waals surface area contributed by atoms with Crippen LogP contribution in [0.5, 0.6) is 0 Å². The third-order valence-electron chi connectivity index (χ3n) is 0.289. The molecule has 0 aliphatic carbocycles. The van der Waals surface area contributed by atoms with Crippen LogP contribution in [0.25, 0.3) is 0 Å². The molecule has 0 N–H and O–H groups in total. The normalized spacial score (nSPS) is 6.50. The molecule has 0 fully saturated rings. The number of rotatable bonds is 1. The third kappa shape index (κ3) is 2.49. The van der Waals surface area contributed by atoms with Crippen molar-refractivity contribution in [3.05, 3.63) is 0 Å². The van der Waals surface area contributed by atoms with E-state index in [1.807, 2.05) is 0 Å². The van der Waals surface area contributed by atoms with Gasteiger partial charge in [-0.1, -0.05) is 5.79 Å². The highest BCUT2D eigenvalue weighted by Crippen LogP contribution is 1.47. The van der Waals surface area contributed by atoms with Gasteiger partial charge in [-0.3, -0.25) is 0 Å². The highest BCUT2D eigenvalue weighted by molar-refractivity contribution is 6.24. The standard InChI is InChI=1S/CH3O.CH3.Al.H/c1-2;;;/h1H3;1H3;;/q-1;;+1;. The maximum Gasteiger partial charge on any atom is 0.432 e. The summed E-state index contributed by atoms with van der Waals surface area (Å²) in [6.45, 7) is 0. The van der Waals surface area contributed by atoms with Crippen molar-refractivity contribution in [3.8, 4) is 0 Å². The lowest BCUT2D eigenvalue weighted by Crippen LogP contribution is -1.79. The van der Waals surface area contributed by atoms with E-state index in [0.717, 1.165) is 0 Å². The lowest BCUT2D eigenvalue weighted by molar-refractivity contribution is 0.446. The van der Waals surface area contributed by atoms with Gasteiger partial charge in [0.25, 0.3) is 0 Å². The molecule has 0 amide bonds. The Morgan fingerprint density at radius 2 is 2.00 bits per heavy atom. The van der Waals surface area contributed by atoms with E-state index in [0.29, 0.717) is 0 Å². The molecular formula is C2H7AlO. The highest BCUT2D eigenvalue weighted by atomic mass is 27.1. The Morgan fingerprint density at radius 3 is 2.00 bits per heavy atom. The zero-order valence-electron chi connectivity index (χ0n) is 3.12. The minimum absolute atomic E-state index is 0.0756. The second-order valence-corrected chi connectivity index (χ2v) is 1.73. The van der Waals surface area contributed by atoms with E-state index < -0.39 is 0 Å². The largest absolute Gasteiger partial charge is 0.506 e. The van der Waals surface area contributed by atoms with Crippen molar-refractivity contribution in [2.24, 2.45) is 0 Å². The molecule has 0 aromatic rings. The zero-order chi connectivity index (χ0) is 3.41. The number of hydrogen-bond acceptors (Lipinski definition) is 1. The molecule has 0 saturated carbocycles. The van der Waals surface area contributed by atoms with Gasteiger partial charge in [0.05, 0.1) is 0 Å². The predicted molar refractivity (Wildman–Crippen MR) is 20.0 cm³/mol. The molecular weight excluding hydrogens is 67.0 g/mol. The van der Waals surface area contributed by atoms with Crippen molar-refractivity contribution in [1.82, 2.24) is 0 Å². The fourth-order valence-electron chi connectivity index (χ4n) is 0. The van der Waals surface area contributed by atoms with Crippen molar-refractivity contribution in [1.29, 1.82) is 0 Å². The molecule has 2 heteroatoms. The molecule has 0 atom stereocenters. The Morgan fingerprint density at radius 1 is 1.75 bits per heavy atom. The second-order valence-electron chi connectivity index (χ2n) is 0.577. The van der Waals surface area contributed by atoms with Gasteiger partial charge in [0.1, 0.15) is 0 Å². The van der Waals surface area contributed by atoms with Crippen LogP contribution >= 0.6 is 0 Å². The Balaban J connectivity index is 1.97. The van der Waals surface area contributed by atoms with Crippen molar-refractivity contribution < 1.29 is 3.79 Å². The summed E-state index contributed by atoms with van der Waals surface area (Å²) in [6.07, 6.45) is 0. The molecule has 0 heterocycles. The first-order valence-corrected chi connectivity index (χ1v) is 3.40. The van der Waals surface area contributed by atoms with Crippen LogP contribution in [-0.4, -0.2) is 22.7 Å². The first-order valence-electron chi connectivity index (χ1n) is 1.40. The van der Waals surface area contributed by atoms with Gasteiger partial charge in [-0.25, -0.2) is 0 Å². The van der Waals surface area contributed by atoms with Crippen LogP contribution in [0, 0.1) is 0 Å². The molecule has 0 rings (SSSR count). The zero-order valence-corrected chi connectivity index (χ0v) is 4.53. The summed E-state index contributed by atoms with van der Waals surface area (Å²) in [7, 11) is 1.74. The lowest BCUT2D eigenvalue weighted by atomic mass is 11.8. The Labute approximate surface area is 33.0 Å². The van der Waals surface area contributed by atoms with Gasteiger partial charge in [0.2, 0.25) is 0 Å². The molecule has 1 nitrogen and oxygen atoms in total. The maximum atomic E-state index is 4.68. The molecule has 0 aliphatic heterocycles. The van der Waals surface area contributed by atoms with Crippen LogP contribution < -0.4 is 0 Å². The fraction of sp³-hybridized carbons (Fsp3) is 1.00. The van der Waals surface area contributed by atoms with Crippen LogP contribution in [0.3, 0.4) is 0 Å². The van der Waals surface area contributed by atoms with E-state index in [4.69, 9.17) is 0 Å². The van der Waals surface area contributed by atoms with Crippen molar-refractivity contribution >= 4 is 15.6 Å². The predicted octanol–water partition coefficient (Wildman–Crippen LogP) is 0.0324. The average Bonchev–Trinajstić information content (AvgIpc) is 1.37. The van der Waals surface area contributed by atoms with E-state index in [-0.39, 0.29) is 15.6 Å². The van der Waals surface area contributed by atoms with E-state index in [1.165, 1.54) is 0 Å². The van der Waals surface area contributed by atoms with Crippen LogP contribution in [0.2, 0.25) is 5.79 Å². The highest BCUT2D eigenvalue weighted by Gasteiger charge is 1.65. The molecule has 0 spiro atoms. The van der Waals surface area contributed by atoms with E-state index >= 15 is 0 Å². The number of hydrogen-bond donors (Lipinski definition) is 0. The fourth-order valence-corrected chi connectivity index (χ4v) is 0. The molecule has 0 aromatic heterocycles. The van der Waals surface area contributed by atoms with Gasteiger partial charge in [0.15, 0.2) is 0 Å². The quantitative estimate of drug-likeness (QED) is 0.399. The van der Waals surface area contributed by atoms with Crippen LogP contribution in [0.15, 0.2) is 0 Å². The molecule has 0 aromatic carbocycles. The molecule has 0 aliphatic rings. The summed E-state index contributed by atoms with van der Waals surface area (Å²) < 4.78 is 4.68. The average molecular weight is 74.1 g/mol. The minimum atomic E-state index is -0.0756. The maximum absolute atomic E-state index is 4.68. The van der Waals surface area contributed by atoms with Crippen LogP contribution in [0.1, 0.15) is 0 Å². The topological polar surface area (TPSA) is 9.23 Å². The van der Waals surface area contributed by atoms with Crippen molar-refractivity contribution in [3.63, 3.8) is 0 Å². The van der Waals surface area contributed by atoms with Crippen LogP contribution in [0.4, 0.5) is 0 Å². The van der Waals surface area contributed by atoms with Crippen LogP contribution in [-0.2, 0) is 3.79 Å². The van der Waals surface area contributed by atoms with E-state index in [9.17, 15) is 0 Å². The molecule has 0 radical (unpaired) electrons. The van der Waals surface area contributed by atoms with Crippen molar-refractivity contribution in [2.45, 2.75) is 5.79 Å². The summed E-state index contributed by atoms with van der Waals surface area (Å²) >= 11 is -0.0756.